The molecule has 10 heteroatoms. The molecule has 1 aliphatic rings. The zero-order chi connectivity index (χ0) is 25.5. The number of allylic oxidation sites excluding steroid dienone is 2. The Morgan fingerprint density at radius 1 is 1.03 bits per heavy atom. The van der Waals surface area contributed by atoms with Gasteiger partial charge in [-0.15, -0.1) is 0 Å². The number of nitrogens with one attached hydrogen (secondary N) is 1. The fourth-order valence-corrected chi connectivity index (χ4v) is 4.14. The molecule has 1 atom stereocenters. The Morgan fingerprint density at radius 2 is 1.67 bits per heavy atom. The summed E-state index contributed by atoms with van der Waals surface area (Å²) in [5.74, 6) is -2.11. The minimum atomic E-state index is -0.877. The number of ether oxygens (including phenoxy) is 2. The van der Waals surface area contributed by atoms with E-state index in [1.54, 1.807) is 19.9 Å². The van der Waals surface area contributed by atoms with Crippen LogP contribution in [0.4, 0.5) is 5.69 Å². The third-order valence-electron chi connectivity index (χ3n) is 5.80. The van der Waals surface area contributed by atoms with Crippen LogP contribution in [0.3, 0.4) is 0 Å². The van der Waals surface area contributed by atoms with E-state index in [0.717, 1.165) is 5.56 Å². The summed E-state index contributed by atoms with van der Waals surface area (Å²) in [6.45, 7) is 4.74. The van der Waals surface area contributed by atoms with Gasteiger partial charge in [-0.3, -0.25) is 15.0 Å². The summed E-state index contributed by atoms with van der Waals surface area (Å²) in [4.78, 5) is 38.8. The number of nitrogens with zero attached hydrogens (tertiary/aromatic N) is 2. The monoisotopic (exact) mass is 519 g/mol. The zero-order valence-corrected chi connectivity index (χ0v) is 23.2. The first kappa shape index (κ1) is 29.5. The second kappa shape index (κ2) is 13.5. The first-order chi connectivity index (χ1) is 16.7. The standard InChI is InChI=1S/C26H29N3O6.Ca/c1-17-22(25(30)34-4)24(20-11-8-12-21(15-20)29(32)33)23(18(2)27-17)26(31)35-14-13-28(3)16-19-9-6-5-7-10-19;/h5-12,15,24,27H,13-14,16H2,1-4H3;/q;+2. The van der Waals surface area contributed by atoms with E-state index in [4.69, 9.17) is 9.47 Å². The number of methoxy groups -OCH3 is 1. The van der Waals surface area contributed by atoms with E-state index in [1.165, 1.54) is 25.3 Å². The van der Waals surface area contributed by atoms with Gasteiger partial charge in [-0.1, -0.05) is 42.5 Å². The maximum atomic E-state index is 13.3. The van der Waals surface area contributed by atoms with Gasteiger partial charge in [0, 0.05) is 36.6 Å². The number of non-ortho nitro benzene ring substituents is 1. The van der Waals surface area contributed by atoms with Gasteiger partial charge in [-0.25, -0.2) is 9.59 Å². The third-order valence-corrected chi connectivity index (χ3v) is 5.80. The molecular formula is C26H29CaN3O6+2. The molecule has 0 radical (unpaired) electrons. The van der Waals surface area contributed by atoms with Gasteiger partial charge < -0.3 is 14.8 Å². The second-order valence-corrected chi connectivity index (χ2v) is 8.34. The maximum Gasteiger partial charge on any atom is 2.00 e. The number of rotatable bonds is 9. The van der Waals surface area contributed by atoms with Crippen molar-refractivity contribution in [2.24, 2.45) is 0 Å². The van der Waals surface area contributed by atoms with E-state index in [9.17, 15) is 19.7 Å². The summed E-state index contributed by atoms with van der Waals surface area (Å²) in [6.07, 6.45) is 0. The van der Waals surface area contributed by atoms with Gasteiger partial charge in [0.05, 0.1) is 29.1 Å². The Kier molecular flexibility index (Phi) is 11.1. The number of benzene rings is 2. The molecule has 0 amide bonds. The van der Waals surface area contributed by atoms with Gasteiger partial charge in [0.2, 0.25) is 0 Å². The van der Waals surface area contributed by atoms with Crippen LogP contribution in [0, 0.1) is 10.1 Å². The Morgan fingerprint density at radius 3 is 2.28 bits per heavy atom. The van der Waals surface area contributed by atoms with E-state index in [2.05, 4.69) is 5.32 Å². The molecule has 184 valence electrons. The van der Waals surface area contributed by atoms with Gasteiger partial charge >= 0.3 is 49.7 Å². The zero-order valence-electron chi connectivity index (χ0n) is 20.9. The molecule has 0 bridgehead atoms. The molecule has 1 unspecified atom stereocenters. The van der Waals surface area contributed by atoms with Crippen molar-refractivity contribution in [3.63, 3.8) is 0 Å². The topological polar surface area (TPSA) is 111 Å². The molecule has 36 heavy (non-hydrogen) atoms. The number of hydrogen-bond acceptors (Lipinski definition) is 8. The molecule has 2 aromatic carbocycles. The van der Waals surface area contributed by atoms with Crippen molar-refractivity contribution in [1.29, 1.82) is 0 Å². The van der Waals surface area contributed by atoms with Crippen molar-refractivity contribution in [2.45, 2.75) is 26.3 Å². The molecule has 0 aliphatic carbocycles. The number of carbonyl (C=O) groups is 2. The number of nitro groups is 1. The van der Waals surface area contributed by atoms with Crippen LogP contribution in [0.15, 0.2) is 77.1 Å². The van der Waals surface area contributed by atoms with Crippen molar-refractivity contribution in [1.82, 2.24) is 10.2 Å². The SMILES string of the molecule is COC(=O)C1=C(C)NC(C)=C(C(=O)OCCN(C)Cc2ccccc2)C1c1cccc([N+](=O)[O-])c1.[Ca+2]. The van der Waals surface area contributed by atoms with Gasteiger partial charge in [0.15, 0.2) is 0 Å². The first-order valence-electron chi connectivity index (χ1n) is 11.1. The summed E-state index contributed by atoms with van der Waals surface area (Å²) in [7, 11) is 3.18. The number of esters is 2. The molecule has 1 heterocycles. The smallest absolute Gasteiger partial charge is 0.466 e. The fourth-order valence-electron chi connectivity index (χ4n) is 4.14. The molecule has 0 spiro atoms. The first-order valence-corrected chi connectivity index (χ1v) is 11.1. The van der Waals surface area contributed by atoms with E-state index < -0.39 is 22.8 Å². The summed E-state index contributed by atoms with van der Waals surface area (Å²) in [6, 6.07) is 15.8. The molecule has 0 aromatic heterocycles. The Labute approximate surface area is 240 Å². The number of nitro benzene ring substituents is 1. The van der Waals surface area contributed by atoms with Crippen molar-refractivity contribution in [3.05, 3.63) is 98.4 Å². The predicted octanol–water partition coefficient (Wildman–Crippen LogP) is 3.30. The average Bonchev–Trinajstić information content (AvgIpc) is 2.83. The van der Waals surface area contributed by atoms with E-state index in [1.807, 2.05) is 42.3 Å². The quantitative estimate of drug-likeness (QED) is 0.233. The fraction of sp³-hybridized carbons (Fsp3) is 0.308. The second-order valence-electron chi connectivity index (χ2n) is 8.34. The summed E-state index contributed by atoms with van der Waals surface area (Å²) < 4.78 is 10.6. The van der Waals surface area contributed by atoms with Gasteiger partial charge in [-0.2, -0.15) is 0 Å². The predicted molar refractivity (Wildman–Crippen MR) is 136 cm³/mol. The molecule has 0 fully saturated rings. The number of dihydropyridines is 1. The number of carbonyl (C=O) groups excluding carboxylic acids is 2. The molecular weight excluding hydrogens is 490 g/mol. The van der Waals surface area contributed by atoms with Gasteiger partial charge in [0.25, 0.3) is 5.69 Å². The summed E-state index contributed by atoms with van der Waals surface area (Å²) in [5.41, 5.74) is 2.85. The van der Waals surface area contributed by atoms with Crippen LogP contribution >= 0.6 is 0 Å². The van der Waals surface area contributed by atoms with Crippen LogP contribution < -0.4 is 5.32 Å². The van der Waals surface area contributed by atoms with Crippen molar-refractivity contribution < 1.29 is 24.0 Å². The minimum Gasteiger partial charge on any atom is -0.466 e. The van der Waals surface area contributed by atoms with Crippen LogP contribution in [0.2, 0.25) is 0 Å². The Hall–Kier alpha value is -2.72. The molecule has 0 saturated heterocycles. The van der Waals surface area contributed by atoms with Crippen LogP contribution in [0.1, 0.15) is 30.9 Å². The number of likely N-dealkylation sites (N-methyl/N-ethyl adjacent to an activating group) is 1. The third kappa shape index (κ3) is 7.16. The van der Waals surface area contributed by atoms with Crippen LogP contribution in [-0.2, 0) is 25.6 Å². The van der Waals surface area contributed by atoms with Crippen molar-refractivity contribution >= 4 is 55.4 Å². The van der Waals surface area contributed by atoms with Crippen molar-refractivity contribution in [3.8, 4) is 0 Å². The van der Waals surface area contributed by atoms with E-state index in [0.29, 0.717) is 30.0 Å². The Balaban J connectivity index is 0.00000456. The molecule has 0 saturated carbocycles. The van der Waals surface area contributed by atoms with E-state index in [-0.39, 0.29) is 61.2 Å². The van der Waals surface area contributed by atoms with Crippen LogP contribution in [-0.4, -0.2) is 86.8 Å². The van der Waals surface area contributed by atoms with E-state index >= 15 is 0 Å². The molecule has 2 aromatic rings. The van der Waals surface area contributed by atoms with Gasteiger partial charge in [-0.05, 0) is 32.0 Å². The molecule has 9 nitrogen and oxygen atoms in total. The summed E-state index contributed by atoms with van der Waals surface area (Å²) in [5, 5.41) is 14.4. The molecule has 3 rings (SSSR count). The maximum absolute atomic E-state index is 13.3. The summed E-state index contributed by atoms with van der Waals surface area (Å²) >= 11 is 0. The van der Waals surface area contributed by atoms with Crippen molar-refractivity contribution in [2.75, 3.05) is 27.3 Å². The molecule has 1 N–H and O–H groups in total. The molecule has 1 aliphatic heterocycles. The normalized spacial score (nSPS) is 15.2. The van der Waals surface area contributed by atoms with Gasteiger partial charge in [0.1, 0.15) is 6.61 Å². The number of hydrogen-bond donors (Lipinski definition) is 1. The minimum absolute atomic E-state index is 0. The van der Waals surface area contributed by atoms with Crippen LogP contribution in [0.5, 0.6) is 0 Å². The Bertz CT molecular complexity index is 1180. The van der Waals surface area contributed by atoms with Crippen LogP contribution in [0.25, 0.3) is 0 Å². The largest absolute Gasteiger partial charge is 2.00 e. The average molecular weight is 520 g/mol.